The number of anilines is 1. The Balaban J connectivity index is 1.77. The Bertz CT molecular complexity index is 1090. The highest BCUT2D eigenvalue weighted by atomic mass is 35.5. The van der Waals surface area contributed by atoms with E-state index in [9.17, 15) is 9.59 Å². The van der Waals surface area contributed by atoms with Gasteiger partial charge in [0.2, 0.25) is 0 Å². The van der Waals surface area contributed by atoms with Gasteiger partial charge in [0.15, 0.2) is 0 Å². The first-order chi connectivity index (χ1) is 15.3. The molecule has 0 spiro atoms. The lowest BCUT2D eigenvalue weighted by atomic mass is 10.1. The molecule has 0 aliphatic carbocycles. The second kappa shape index (κ2) is 10.5. The van der Waals surface area contributed by atoms with Gasteiger partial charge in [-0.3, -0.25) is 14.3 Å². The monoisotopic (exact) mass is 452 g/mol. The third kappa shape index (κ3) is 5.19. The van der Waals surface area contributed by atoms with Crippen LogP contribution in [0.15, 0.2) is 54.6 Å². The Morgan fingerprint density at radius 3 is 2.56 bits per heavy atom. The summed E-state index contributed by atoms with van der Waals surface area (Å²) in [4.78, 5) is 27.4. The number of rotatable bonds is 8. The molecule has 1 aromatic heterocycles. The maximum absolute atomic E-state index is 13.3. The maximum atomic E-state index is 13.3. The zero-order chi connectivity index (χ0) is 23.3. The van der Waals surface area contributed by atoms with E-state index >= 15 is 0 Å². The number of unbranched alkanes of at least 4 members (excludes halogenated alkanes) is 1. The number of benzene rings is 2. The second-order valence-corrected chi connectivity index (χ2v) is 8.22. The fraction of sp³-hybridized carbons (Fsp3) is 0.320. The molecule has 2 aromatic carbocycles. The predicted molar refractivity (Wildman–Crippen MR) is 128 cm³/mol. The van der Waals surface area contributed by atoms with Crippen LogP contribution in [0.2, 0.25) is 5.15 Å². The van der Waals surface area contributed by atoms with Crippen LogP contribution in [0.1, 0.15) is 64.7 Å². The van der Waals surface area contributed by atoms with Crippen LogP contribution in [0.5, 0.6) is 0 Å². The summed E-state index contributed by atoms with van der Waals surface area (Å²) in [7, 11) is 1.75. The van der Waals surface area contributed by atoms with Gasteiger partial charge in [-0.05, 0) is 50.1 Å². The van der Waals surface area contributed by atoms with E-state index in [1.807, 2.05) is 49.4 Å². The van der Waals surface area contributed by atoms with Gasteiger partial charge in [0.25, 0.3) is 11.8 Å². The lowest BCUT2D eigenvalue weighted by molar-refractivity contribution is 0.0741. The molecule has 0 bridgehead atoms. The van der Waals surface area contributed by atoms with Crippen LogP contribution >= 0.6 is 11.6 Å². The van der Waals surface area contributed by atoms with Gasteiger partial charge in [-0.1, -0.05) is 55.3 Å². The Labute approximate surface area is 194 Å². The highest BCUT2D eigenvalue weighted by molar-refractivity contribution is 6.33. The normalized spacial score (nSPS) is 11.8. The second-order valence-electron chi connectivity index (χ2n) is 7.87. The highest BCUT2D eigenvalue weighted by Crippen LogP contribution is 2.27. The maximum Gasteiger partial charge on any atom is 0.259 e. The van der Waals surface area contributed by atoms with Crippen LogP contribution in [-0.4, -0.2) is 33.5 Å². The summed E-state index contributed by atoms with van der Waals surface area (Å²) in [6.07, 6.45) is 1.97. The molecule has 0 saturated heterocycles. The smallest absolute Gasteiger partial charge is 0.259 e. The van der Waals surface area contributed by atoms with E-state index < -0.39 is 0 Å². The molecule has 0 aliphatic heterocycles. The van der Waals surface area contributed by atoms with Gasteiger partial charge >= 0.3 is 0 Å². The Morgan fingerprint density at radius 1 is 1.16 bits per heavy atom. The standard InChI is InChI=1S/C25H29ClN4O2/c1-5-6-15-30-23(26)22(17(2)28-30)25(32)29(4)18(3)20-13-10-14-21(16-20)27-24(31)19-11-8-7-9-12-19/h7-14,16,18H,5-6,15H2,1-4H3,(H,27,31). The Morgan fingerprint density at radius 2 is 1.88 bits per heavy atom. The molecule has 1 atom stereocenters. The van der Waals surface area contributed by atoms with Crippen molar-refractivity contribution in [2.45, 2.75) is 46.2 Å². The summed E-state index contributed by atoms with van der Waals surface area (Å²) in [6.45, 7) is 6.54. The first kappa shape index (κ1) is 23.5. The van der Waals surface area contributed by atoms with Gasteiger partial charge in [-0.2, -0.15) is 5.10 Å². The third-order valence-corrected chi connectivity index (χ3v) is 5.95. The SMILES string of the molecule is CCCCn1nc(C)c(C(=O)N(C)C(C)c2cccc(NC(=O)c3ccccc3)c2)c1Cl. The number of carbonyl (C=O) groups is 2. The lowest BCUT2D eigenvalue weighted by Crippen LogP contribution is -2.30. The highest BCUT2D eigenvalue weighted by Gasteiger charge is 2.26. The summed E-state index contributed by atoms with van der Waals surface area (Å²) < 4.78 is 1.70. The largest absolute Gasteiger partial charge is 0.335 e. The first-order valence-corrected chi connectivity index (χ1v) is 11.2. The zero-order valence-corrected chi connectivity index (χ0v) is 19.7. The Kier molecular flexibility index (Phi) is 7.70. The van der Waals surface area contributed by atoms with Gasteiger partial charge in [0, 0.05) is 24.8 Å². The van der Waals surface area contributed by atoms with E-state index in [0.717, 1.165) is 18.4 Å². The topological polar surface area (TPSA) is 67.2 Å². The van der Waals surface area contributed by atoms with Crippen LogP contribution < -0.4 is 5.32 Å². The molecular formula is C25H29ClN4O2. The van der Waals surface area contributed by atoms with E-state index in [4.69, 9.17) is 11.6 Å². The van der Waals surface area contributed by atoms with E-state index in [1.54, 1.807) is 35.7 Å². The first-order valence-electron chi connectivity index (χ1n) is 10.8. The molecule has 1 unspecified atom stereocenters. The number of amides is 2. The van der Waals surface area contributed by atoms with Crippen molar-refractivity contribution in [3.8, 4) is 0 Å². The van der Waals surface area contributed by atoms with E-state index in [0.29, 0.717) is 34.2 Å². The van der Waals surface area contributed by atoms with Crippen LogP contribution in [0.25, 0.3) is 0 Å². The summed E-state index contributed by atoms with van der Waals surface area (Å²) >= 11 is 6.50. The van der Waals surface area contributed by atoms with Crippen molar-refractivity contribution in [2.24, 2.45) is 0 Å². The van der Waals surface area contributed by atoms with Crippen molar-refractivity contribution in [3.63, 3.8) is 0 Å². The molecule has 32 heavy (non-hydrogen) atoms. The van der Waals surface area contributed by atoms with Crippen LogP contribution in [0.3, 0.4) is 0 Å². The van der Waals surface area contributed by atoms with Crippen molar-refractivity contribution in [1.82, 2.24) is 14.7 Å². The van der Waals surface area contributed by atoms with Gasteiger partial charge in [0.1, 0.15) is 5.15 Å². The summed E-state index contributed by atoms with van der Waals surface area (Å²) in [5.41, 5.74) is 3.22. The third-order valence-electron chi connectivity index (χ3n) is 5.57. The molecule has 7 heteroatoms. The number of hydrogen-bond donors (Lipinski definition) is 1. The van der Waals surface area contributed by atoms with Crippen LogP contribution in [-0.2, 0) is 6.54 Å². The molecule has 3 aromatic rings. The fourth-order valence-corrected chi connectivity index (χ4v) is 3.84. The number of hydrogen-bond acceptors (Lipinski definition) is 3. The van der Waals surface area contributed by atoms with Crippen molar-refractivity contribution in [1.29, 1.82) is 0 Å². The van der Waals surface area contributed by atoms with E-state index in [2.05, 4.69) is 17.3 Å². The number of nitrogens with zero attached hydrogens (tertiary/aromatic N) is 3. The molecule has 3 rings (SSSR count). The van der Waals surface area contributed by atoms with Gasteiger partial charge < -0.3 is 10.2 Å². The van der Waals surface area contributed by atoms with Gasteiger partial charge in [0.05, 0.1) is 17.3 Å². The quantitative estimate of drug-likeness (QED) is 0.474. The molecule has 2 amide bonds. The van der Waals surface area contributed by atoms with Gasteiger partial charge in [-0.25, -0.2) is 0 Å². The predicted octanol–water partition coefficient (Wildman–Crippen LogP) is 5.73. The number of carbonyl (C=O) groups excluding carboxylic acids is 2. The van der Waals surface area contributed by atoms with Crippen LogP contribution in [0.4, 0.5) is 5.69 Å². The lowest BCUT2D eigenvalue weighted by Gasteiger charge is -2.26. The molecule has 168 valence electrons. The molecule has 6 nitrogen and oxygen atoms in total. The van der Waals surface area contributed by atoms with Crippen molar-refractivity contribution < 1.29 is 9.59 Å². The number of halogens is 1. The van der Waals surface area contributed by atoms with Crippen molar-refractivity contribution >= 4 is 29.1 Å². The molecule has 0 fully saturated rings. The van der Waals surface area contributed by atoms with Crippen molar-refractivity contribution in [2.75, 3.05) is 12.4 Å². The van der Waals surface area contributed by atoms with E-state index in [-0.39, 0.29) is 17.9 Å². The molecule has 0 aliphatic rings. The minimum atomic E-state index is -0.231. The number of aromatic nitrogens is 2. The van der Waals surface area contributed by atoms with Gasteiger partial charge in [-0.15, -0.1) is 0 Å². The summed E-state index contributed by atoms with van der Waals surface area (Å²) in [6, 6.07) is 16.3. The number of nitrogens with one attached hydrogen (secondary N) is 1. The molecular weight excluding hydrogens is 424 g/mol. The summed E-state index contributed by atoms with van der Waals surface area (Å²) in [5.74, 6) is -0.358. The van der Waals surface area contributed by atoms with E-state index in [1.165, 1.54) is 0 Å². The zero-order valence-electron chi connectivity index (χ0n) is 18.9. The minimum Gasteiger partial charge on any atom is -0.335 e. The molecule has 0 saturated carbocycles. The van der Waals surface area contributed by atoms with Crippen molar-refractivity contribution in [3.05, 3.63) is 82.1 Å². The number of aryl methyl sites for hydroxylation is 2. The average molecular weight is 453 g/mol. The van der Waals surface area contributed by atoms with Crippen LogP contribution in [0, 0.1) is 6.92 Å². The fourth-order valence-electron chi connectivity index (χ4n) is 3.50. The molecule has 1 heterocycles. The summed E-state index contributed by atoms with van der Waals surface area (Å²) in [5, 5.41) is 7.74. The molecule has 0 radical (unpaired) electrons. The average Bonchev–Trinajstić information content (AvgIpc) is 3.09. The molecule has 1 N–H and O–H groups in total. The Hall–Kier alpha value is -3.12. The minimum absolute atomic E-state index is 0.179.